The molecule has 0 aromatic carbocycles. The Balaban J connectivity index is 0.000000170. The van der Waals surface area contributed by atoms with E-state index in [9.17, 15) is 0 Å². The van der Waals surface area contributed by atoms with Crippen LogP contribution in [-0.4, -0.2) is 24.9 Å². The minimum Gasteiger partial charge on any atom is -0.450 e. The smallest absolute Gasteiger partial charge is 0.0886 e. The SMILES string of the molecule is [Os].c1c[n-]cn1.c1ccc(-c2ccccn2)nc1.c1ccc(-c2ccccn2)nc1. The maximum absolute atomic E-state index is 4.19. The van der Waals surface area contributed by atoms with Gasteiger partial charge in [-0.2, -0.15) is 0 Å². The van der Waals surface area contributed by atoms with Crippen molar-refractivity contribution in [3.8, 4) is 22.8 Å². The Morgan fingerprint density at radius 2 is 0.833 bits per heavy atom. The standard InChI is InChI=1S/2C10H8N2.C3H3N2.Os/c2*1-3-7-11-9(5-1)10-6-2-4-8-12-10;1-2-5-3-4-1;/h2*1-8H;1-3H;/q;;-1;. The molecule has 0 aliphatic carbocycles. The van der Waals surface area contributed by atoms with Gasteiger partial charge in [0.15, 0.2) is 0 Å². The molecule has 5 aromatic rings. The predicted octanol–water partition coefficient (Wildman–Crippen LogP) is 4.32. The molecule has 0 aliphatic heterocycles. The van der Waals surface area contributed by atoms with E-state index in [0.717, 1.165) is 22.8 Å². The maximum atomic E-state index is 4.19. The van der Waals surface area contributed by atoms with Crippen molar-refractivity contribution in [1.82, 2.24) is 29.9 Å². The van der Waals surface area contributed by atoms with Gasteiger partial charge in [0, 0.05) is 44.6 Å². The molecule has 5 aromatic heterocycles. The average molecular weight is 570 g/mol. The van der Waals surface area contributed by atoms with Gasteiger partial charge in [0.25, 0.3) is 0 Å². The first-order chi connectivity index (χ1) is 14.4. The summed E-state index contributed by atoms with van der Waals surface area (Å²) in [4.78, 5) is 24.0. The largest absolute Gasteiger partial charge is 0.450 e. The van der Waals surface area contributed by atoms with Crippen molar-refractivity contribution >= 4 is 0 Å². The molecule has 0 bridgehead atoms. The van der Waals surface area contributed by atoms with E-state index in [-0.39, 0.29) is 19.8 Å². The monoisotopic (exact) mass is 571 g/mol. The Hall–Kier alpha value is -3.55. The Morgan fingerprint density at radius 1 is 0.467 bits per heavy atom. The number of imidazole rings is 1. The molecular formula is C23H19N6Os-. The quantitative estimate of drug-likeness (QED) is 0.315. The molecule has 0 aliphatic rings. The van der Waals surface area contributed by atoms with E-state index in [1.54, 1.807) is 37.2 Å². The average Bonchev–Trinajstić information content (AvgIpc) is 3.42. The van der Waals surface area contributed by atoms with E-state index in [2.05, 4.69) is 29.9 Å². The van der Waals surface area contributed by atoms with Crippen LogP contribution < -0.4 is 4.98 Å². The van der Waals surface area contributed by atoms with Crippen molar-refractivity contribution in [3.63, 3.8) is 0 Å². The van der Waals surface area contributed by atoms with Gasteiger partial charge in [-0.1, -0.05) is 43.0 Å². The van der Waals surface area contributed by atoms with E-state index >= 15 is 0 Å². The number of hydrogen-bond acceptors (Lipinski definition) is 5. The third-order valence-corrected chi connectivity index (χ3v) is 3.56. The van der Waals surface area contributed by atoms with Gasteiger partial charge < -0.3 is 9.97 Å². The van der Waals surface area contributed by atoms with E-state index < -0.39 is 0 Å². The normalized spacial score (nSPS) is 9.07. The number of pyridine rings is 4. The third kappa shape index (κ3) is 7.82. The van der Waals surface area contributed by atoms with Crippen LogP contribution >= 0.6 is 0 Å². The van der Waals surface area contributed by atoms with Crippen LogP contribution in [0.1, 0.15) is 0 Å². The third-order valence-electron chi connectivity index (χ3n) is 3.56. The van der Waals surface area contributed by atoms with Crippen LogP contribution in [-0.2, 0) is 19.8 Å². The summed E-state index contributed by atoms with van der Waals surface area (Å²) in [6.45, 7) is 0. The van der Waals surface area contributed by atoms with E-state index in [1.807, 2.05) is 72.8 Å². The fourth-order valence-corrected chi connectivity index (χ4v) is 2.25. The van der Waals surface area contributed by atoms with Gasteiger partial charge >= 0.3 is 0 Å². The summed E-state index contributed by atoms with van der Waals surface area (Å²) in [5.41, 5.74) is 3.66. The van der Waals surface area contributed by atoms with Crippen molar-refractivity contribution in [2.45, 2.75) is 0 Å². The summed E-state index contributed by atoms with van der Waals surface area (Å²) < 4.78 is 0. The van der Waals surface area contributed by atoms with Gasteiger partial charge in [-0.25, -0.2) is 0 Å². The molecule has 0 atom stereocenters. The first-order valence-electron chi connectivity index (χ1n) is 8.95. The molecule has 5 heterocycles. The van der Waals surface area contributed by atoms with Crippen LogP contribution in [0.2, 0.25) is 0 Å². The zero-order valence-electron chi connectivity index (χ0n) is 16.0. The summed E-state index contributed by atoms with van der Waals surface area (Å²) in [5, 5.41) is 0. The molecule has 0 saturated carbocycles. The number of aromatic nitrogens is 6. The molecule has 0 amide bonds. The van der Waals surface area contributed by atoms with Crippen molar-refractivity contribution in [3.05, 3.63) is 116 Å². The van der Waals surface area contributed by atoms with Crippen LogP contribution in [0.4, 0.5) is 0 Å². The Labute approximate surface area is 188 Å². The zero-order valence-corrected chi connectivity index (χ0v) is 18.5. The second-order valence-corrected chi connectivity index (χ2v) is 5.57. The molecule has 6 nitrogen and oxygen atoms in total. The van der Waals surface area contributed by atoms with Crippen molar-refractivity contribution < 1.29 is 19.8 Å². The van der Waals surface area contributed by atoms with Crippen molar-refractivity contribution in [2.75, 3.05) is 0 Å². The number of rotatable bonds is 2. The molecular weight excluding hydrogens is 551 g/mol. The van der Waals surface area contributed by atoms with Gasteiger partial charge in [0.1, 0.15) is 0 Å². The summed E-state index contributed by atoms with van der Waals surface area (Å²) in [6.07, 6.45) is 11.8. The van der Waals surface area contributed by atoms with Gasteiger partial charge in [0.2, 0.25) is 0 Å². The van der Waals surface area contributed by atoms with Crippen LogP contribution in [0.15, 0.2) is 116 Å². The summed E-state index contributed by atoms with van der Waals surface area (Å²) in [7, 11) is 0. The summed E-state index contributed by atoms with van der Waals surface area (Å²) in [6, 6.07) is 23.2. The van der Waals surface area contributed by atoms with Crippen LogP contribution in [0.5, 0.6) is 0 Å². The second kappa shape index (κ2) is 13.6. The summed E-state index contributed by atoms with van der Waals surface area (Å²) >= 11 is 0. The molecule has 0 fully saturated rings. The molecule has 0 unspecified atom stereocenters. The minimum absolute atomic E-state index is 0. The molecule has 7 heteroatoms. The first-order valence-corrected chi connectivity index (χ1v) is 8.95. The first kappa shape index (κ1) is 22.7. The minimum atomic E-state index is 0. The van der Waals surface area contributed by atoms with E-state index in [1.165, 1.54) is 6.33 Å². The number of hydrogen-bond donors (Lipinski definition) is 0. The van der Waals surface area contributed by atoms with Gasteiger partial charge in [0.05, 0.1) is 22.8 Å². The topological polar surface area (TPSA) is 78.5 Å². The van der Waals surface area contributed by atoms with Gasteiger partial charge in [-0.05, 0) is 48.5 Å². The number of nitrogens with zero attached hydrogens (tertiary/aromatic N) is 6. The van der Waals surface area contributed by atoms with E-state index in [4.69, 9.17) is 0 Å². The van der Waals surface area contributed by atoms with Gasteiger partial charge in [-0.3, -0.25) is 19.9 Å². The second-order valence-electron chi connectivity index (χ2n) is 5.57. The Morgan fingerprint density at radius 3 is 1.00 bits per heavy atom. The molecule has 0 saturated heterocycles. The van der Waals surface area contributed by atoms with Crippen LogP contribution in [0, 0.1) is 0 Å². The van der Waals surface area contributed by atoms with Crippen LogP contribution in [0.3, 0.4) is 0 Å². The zero-order chi connectivity index (χ0) is 20.0. The Bertz CT molecular complexity index is 861. The maximum Gasteiger partial charge on any atom is 0.0886 e. The van der Waals surface area contributed by atoms with Gasteiger partial charge in [-0.15, -0.1) is 0 Å². The summed E-state index contributed by atoms with van der Waals surface area (Å²) in [5.74, 6) is 0. The van der Waals surface area contributed by atoms with E-state index in [0.29, 0.717) is 0 Å². The molecule has 0 radical (unpaired) electrons. The van der Waals surface area contributed by atoms with Crippen molar-refractivity contribution in [1.29, 1.82) is 0 Å². The molecule has 0 spiro atoms. The molecule has 5 rings (SSSR count). The Kier molecular flexibility index (Phi) is 10.3. The molecule has 150 valence electrons. The van der Waals surface area contributed by atoms with Crippen molar-refractivity contribution in [2.24, 2.45) is 0 Å². The fourth-order valence-electron chi connectivity index (χ4n) is 2.25. The predicted molar refractivity (Wildman–Crippen MR) is 112 cm³/mol. The molecule has 30 heavy (non-hydrogen) atoms. The molecule has 0 N–H and O–H groups in total. The van der Waals surface area contributed by atoms with Crippen LogP contribution in [0.25, 0.3) is 22.8 Å². The fraction of sp³-hybridized carbons (Fsp3) is 0.